The summed E-state index contributed by atoms with van der Waals surface area (Å²) < 4.78 is 1.45. The van der Waals surface area contributed by atoms with Crippen LogP contribution < -0.4 is 11.1 Å². The van der Waals surface area contributed by atoms with Crippen LogP contribution in [0.5, 0.6) is 0 Å². The molecule has 3 aromatic heterocycles. The lowest BCUT2D eigenvalue weighted by atomic mass is 10.1. The molecule has 4 aromatic rings. The molecule has 1 atom stereocenters. The van der Waals surface area contributed by atoms with E-state index in [1.807, 2.05) is 31.2 Å². The number of hydrogen-bond donors (Lipinski definition) is 2. The summed E-state index contributed by atoms with van der Waals surface area (Å²) in [5, 5.41) is 7.67. The van der Waals surface area contributed by atoms with Crippen molar-refractivity contribution in [3.8, 4) is 11.1 Å². The third-order valence-electron chi connectivity index (χ3n) is 6.35. The number of rotatable bonds is 6. The zero-order valence-electron chi connectivity index (χ0n) is 21.0. The lowest BCUT2D eigenvalue weighted by Gasteiger charge is -2.32. The second-order valence-electron chi connectivity index (χ2n) is 9.04. The molecule has 192 valence electrons. The molecule has 5 rings (SSSR count). The van der Waals surface area contributed by atoms with E-state index in [1.165, 1.54) is 9.58 Å². The van der Waals surface area contributed by atoms with Crippen LogP contribution in [0.3, 0.4) is 0 Å². The molecule has 11 nitrogen and oxygen atoms in total. The quantitative estimate of drug-likeness (QED) is 0.378. The number of carbonyl (C=O) groups is 3. The first-order valence-corrected chi connectivity index (χ1v) is 12.1. The van der Waals surface area contributed by atoms with Crippen molar-refractivity contribution in [1.82, 2.24) is 29.6 Å². The molecule has 4 heterocycles. The highest BCUT2D eigenvalue weighted by molar-refractivity contribution is 6.05. The van der Waals surface area contributed by atoms with Gasteiger partial charge in [0.15, 0.2) is 5.69 Å². The first-order chi connectivity index (χ1) is 18.3. The SMILES string of the molecule is Cc1cccc(NC(=O)C2CC=CCN2C(=O)Cn2nc(C(N)=O)c3cc(-c4cnc(C)nc4)ccc32)n1. The van der Waals surface area contributed by atoms with E-state index >= 15 is 0 Å². The predicted molar refractivity (Wildman–Crippen MR) is 141 cm³/mol. The van der Waals surface area contributed by atoms with Gasteiger partial charge in [-0.3, -0.25) is 19.1 Å². The minimum Gasteiger partial charge on any atom is -0.364 e. The molecular weight excluding hydrogens is 484 g/mol. The highest BCUT2D eigenvalue weighted by atomic mass is 16.2. The van der Waals surface area contributed by atoms with Crippen molar-refractivity contribution in [2.24, 2.45) is 5.73 Å². The van der Waals surface area contributed by atoms with Gasteiger partial charge in [-0.25, -0.2) is 15.0 Å². The van der Waals surface area contributed by atoms with Gasteiger partial charge in [-0.1, -0.05) is 24.3 Å². The first-order valence-electron chi connectivity index (χ1n) is 12.1. The average molecular weight is 511 g/mol. The maximum atomic E-state index is 13.4. The number of hydrogen-bond acceptors (Lipinski definition) is 7. The Hall–Kier alpha value is -4.93. The summed E-state index contributed by atoms with van der Waals surface area (Å²) in [6, 6.07) is 10.0. The van der Waals surface area contributed by atoms with Gasteiger partial charge in [-0.15, -0.1) is 0 Å². The van der Waals surface area contributed by atoms with Gasteiger partial charge in [0.1, 0.15) is 24.2 Å². The smallest absolute Gasteiger partial charge is 0.269 e. The average Bonchev–Trinajstić information content (AvgIpc) is 3.27. The van der Waals surface area contributed by atoms with Gasteiger partial charge in [0, 0.05) is 35.6 Å². The Bertz CT molecular complexity index is 1580. The number of nitrogens with two attached hydrogens (primary N) is 1. The number of benzene rings is 1. The van der Waals surface area contributed by atoms with Crippen LogP contribution in [0, 0.1) is 13.8 Å². The van der Waals surface area contributed by atoms with E-state index in [4.69, 9.17) is 5.73 Å². The van der Waals surface area contributed by atoms with Crippen molar-refractivity contribution < 1.29 is 14.4 Å². The predicted octanol–water partition coefficient (Wildman–Crippen LogP) is 2.40. The molecule has 3 amide bonds. The molecule has 0 spiro atoms. The van der Waals surface area contributed by atoms with Crippen LogP contribution in [0.1, 0.15) is 28.4 Å². The second kappa shape index (κ2) is 10.2. The Morgan fingerprint density at radius 3 is 2.58 bits per heavy atom. The Morgan fingerprint density at radius 1 is 1.05 bits per heavy atom. The summed E-state index contributed by atoms with van der Waals surface area (Å²) in [6.07, 6.45) is 7.49. The Morgan fingerprint density at radius 2 is 1.84 bits per heavy atom. The Balaban J connectivity index is 1.41. The van der Waals surface area contributed by atoms with E-state index < -0.39 is 11.9 Å². The third-order valence-corrected chi connectivity index (χ3v) is 6.35. The van der Waals surface area contributed by atoms with Crippen molar-refractivity contribution >= 4 is 34.4 Å². The molecule has 11 heteroatoms. The lowest BCUT2D eigenvalue weighted by molar-refractivity contribution is -0.138. The molecule has 0 fully saturated rings. The van der Waals surface area contributed by atoms with Gasteiger partial charge in [0.2, 0.25) is 11.8 Å². The highest BCUT2D eigenvalue weighted by Crippen LogP contribution is 2.26. The fourth-order valence-corrected chi connectivity index (χ4v) is 4.44. The van der Waals surface area contributed by atoms with Gasteiger partial charge >= 0.3 is 0 Å². The lowest BCUT2D eigenvalue weighted by Crippen LogP contribution is -2.49. The number of pyridine rings is 1. The first kappa shape index (κ1) is 24.8. The number of aryl methyl sites for hydroxylation is 2. The van der Waals surface area contributed by atoms with Gasteiger partial charge in [0.05, 0.1) is 5.52 Å². The summed E-state index contributed by atoms with van der Waals surface area (Å²) in [6.45, 7) is 3.74. The topological polar surface area (TPSA) is 149 Å². The van der Waals surface area contributed by atoms with Crippen molar-refractivity contribution in [2.45, 2.75) is 32.9 Å². The van der Waals surface area contributed by atoms with Gasteiger partial charge in [0.25, 0.3) is 5.91 Å². The maximum absolute atomic E-state index is 13.4. The summed E-state index contributed by atoms with van der Waals surface area (Å²) in [7, 11) is 0. The molecule has 0 radical (unpaired) electrons. The zero-order chi connectivity index (χ0) is 26.8. The Kier molecular flexibility index (Phi) is 6.65. The number of primary amides is 1. The van der Waals surface area contributed by atoms with E-state index in [-0.39, 0.29) is 30.6 Å². The Labute approximate surface area is 218 Å². The number of carbonyl (C=O) groups excluding carboxylic acids is 3. The van der Waals surface area contributed by atoms with E-state index in [1.54, 1.807) is 43.6 Å². The molecule has 1 aliphatic rings. The standard InChI is InChI=1S/C27H26N8O3/c1-16-6-5-8-23(31-16)32-27(38)22-7-3-4-11-34(22)24(36)15-35-21-10-9-18(19-13-29-17(2)30-14-19)12-20(21)25(33-35)26(28)37/h3-6,8-10,12-14,22H,7,11,15H2,1-2H3,(H2,28,37)(H,31,32,38). The van der Waals surface area contributed by atoms with Crippen LogP contribution in [-0.2, 0) is 16.1 Å². The third kappa shape index (κ3) is 4.99. The minimum atomic E-state index is -0.708. The number of nitrogens with one attached hydrogen (secondary N) is 1. The summed E-state index contributed by atoms with van der Waals surface area (Å²) in [5.74, 6) is -0.274. The monoisotopic (exact) mass is 510 g/mol. The highest BCUT2D eigenvalue weighted by Gasteiger charge is 2.31. The van der Waals surface area contributed by atoms with Gasteiger partial charge in [-0.05, 0) is 50.1 Å². The summed E-state index contributed by atoms with van der Waals surface area (Å²) >= 11 is 0. The summed E-state index contributed by atoms with van der Waals surface area (Å²) in [4.78, 5) is 53.0. The van der Waals surface area contributed by atoms with Crippen LogP contribution in [0.25, 0.3) is 22.0 Å². The second-order valence-corrected chi connectivity index (χ2v) is 9.04. The van der Waals surface area contributed by atoms with E-state index in [2.05, 4.69) is 25.4 Å². The van der Waals surface area contributed by atoms with Crippen molar-refractivity contribution in [3.63, 3.8) is 0 Å². The largest absolute Gasteiger partial charge is 0.364 e. The zero-order valence-corrected chi connectivity index (χ0v) is 21.0. The fraction of sp³-hybridized carbons (Fsp3) is 0.222. The van der Waals surface area contributed by atoms with Crippen LogP contribution in [0.15, 0.2) is 60.9 Å². The molecule has 3 N–H and O–H groups in total. The number of fused-ring (bicyclic) bond motifs is 1. The van der Waals surface area contributed by atoms with Crippen LogP contribution in [0.4, 0.5) is 5.82 Å². The van der Waals surface area contributed by atoms with Crippen LogP contribution in [-0.4, -0.2) is 59.9 Å². The normalized spacial score (nSPS) is 15.0. The van der Waals surface area contributed by atoms with E-state index in [0.29, 0.717) is 29.0 Å². The van der Waals surface area contributed by atoms with Crippen LogP contribution >= 0.6 is 0 Å². The van der Waals surface area contributed by atoms with Gasteiger partial charge < -0.3 is 16.0 Å². The van der Waals surface area contributed by atoms with E-state index in [0.717, 1.165) is 16.8 Å². The molecule has 0 saturated heterocycles. The molecule has 1 aliphatic heterocycles. The van der Waals surface area contributed by atoms with Crippen LogP contribution in [0.2, 0.25) is 0 Å². The number of anilines is 1. The molecule has 0 saturated carbocycles. The number of amides is 3. The molecule has 0 bridgehead atoms. The molecule has 1 aromatic carbocycles. The van der Waals surface area contributed by atoms with Crippen molar-refractivity contribution in [2.75, 3.05) is 11.9 Å². The van der Waals surface area contributed by atoms with E-state index in [9.17, 15) is 14.4 Å². The van der Waals surface area contributed by atoms with Crippen molar-refractivity contribution in [3.05, 3.63) is 78.2 Å². The molecule has 38 heavy (non-hydrogen) atoms. The van der Waals surface area contributed by atoms with Gasteiger partial charge in [-0.2, -0.15) is 5.10 Å². The molecular formula is C27H26N8O3. The number of nitrogens with zero attached hydrogens (tertiary/aromatic N) is 6. The molecule has 0 aliphatic carbocycles. The maximum Gasteiger partial charge on any atom is 0.269 e. The number of aromatic nitrogens is 5. The van der Waals surface area contributed by atoms with Crippen molar-refractivity contribution in [1.29, 1.82) is 0 Å². The molecule has 1 unspecified atom stereocenters. The summed E-state index contributed by atoms with van der Waals surface area (Å²) in [5.41, 5.74) is 8.57. The minimum absolute atomic E-state index is 0.0565. The fourth-order valence-electron chi connectivity index (χ4n) is 4.44.